The van der Waals surface area contributed by atoms with Crippen LogP contribution >= 0.6 is 12.2 Å². The zero-order chi connectivity index (χ0) is 12.9. The molecule has 4 N–H and O–H groups in total. The lowest BCUT2D eigenvalue weighted by atomic mass is 10.3. The van der Waals surface area contributed by atoms with Crippen molar-refractivity contribution in [3.05, 3.63) is 12.0 Å². The van der Waals surface area contributed by atoms with Crippen LogP contribution in [-0.4, -0.2) is 29.9 Å². The van der Waals surface area contributed by atoms with Crippen molar-refractivity contribution in [1.82, 2.24) is 14.7 Å². The van der Waals surface area contributed by atoms with Crippen molar-refractivity contribution >= 4 is 27.2 Å². The molecule has 1 heterocycles. The lowest BCUT2D eigenvalue weighted by Crippen LogP contribution is -2.26. The maximum atomic E-state index is 11.8. The molecule has 0 saturated heterocycles. The van der Waals surface area contributed by atoms with Gasteiger partial charge in [0.05, 0.1) is 11.2 Å². The number of aryl methyl sites for hydroxylation is 1. The zero-order valence-corrected chi connectivity index (χ0v) is 11.2. The topological polar surface area (TPSA) is 101 Å². The van der Waals surface area contributed by atoms with Crippen molar-refractivity contribution in [3.8, 4) is 0 Å². The number of thiocarbonyl (C=S) groups is 1. The van der Waals surface area contributed by atoms with Crippen LogP contribution in [0.1, 0.15) is 25.6 Å². The highest BCUT2D eigenvalue weighted by Crippen LogP contribution is 2.05. The molecule has 1 aromatic heterocycles. The van der Waals surface area contributed by atoms with E-state index < -0.39 is 10.0 Å². The van der Waals surface area contributed by atoms with Crippen LogP contribution in [0.15, 0.2) is 11.2 Å². The molecule has 0 amide bonds. The molecule has 0 aromatic carbocycles. The highest BCUT2D eigenvalue weighted by Gasteiger charge is 2.15. The minimum atomic E-state index is -3.50. The number of imidazole rings is 1. The van der Waals surface area contributed by atoms with Crippen LogP contribution in [0.2, 0.25) is 0 Å². The van der Waals surface area contributed by atoms with Gasteiger partial charge in [-0.15, -0.1) is 0 Å². The first-order valence-corrected chi connectivity index (χ1v) is 7.16. The molecule has 0 atom stereocenters. The van der Waals surface area contributed by atoms with Gasteiger partial charge in [-0.1, -0.05) is 19.1 Å². The smallest absolute Gasteiger partial charge is 0.257 e. The van der Waals surface area contributed by atoms with E-state index >= 15 is 0 Å². The standard InChI is InChI=1S/C9H16N4O2S2/c1-2-8-11-6-9(13-8)17(14,15)12-5-3-4-7(10)16/h6,12H,2-5H2,1H3,(H2,10,16)(H,11,13). The van der Waals surface area contributed by atoms with Crippen LogP contribution in [0.25, 0.3) is 0 Å². The number of nitrogens with one attached hydrogen (secondary N) is 2. The second kappa shape index (κ2) is 6.08. The Kier molecular flexibility index (Phi) is 5.03. The number of nitrogens with two attached hydrogens (primary N) is 1. The fourth-order valence-electron chi connectivity index (χ4n) is 1.21. The number of H-pyrrole nitrogens is 1. The Balaban J connectivity index is 2.53. The molecule has 0 aliphatic heterocycles. The molecule has 96 valence electrons. The molecular formula is C9H16N4O2S2. The average Bonchev–Trinajstić information content (AvgIpc) is 2.73. The molecular weight excluding hydrogens is 260 g/mol. The molecule has 0 aliphatic rings. The first-order chi connectivity index (χ1) is 7.95. The minimum absolute atomic E-state index is 0.0877. The maximum absolute atomic E-state index is 11.8. The van der Waals surface area contributed by atoms with Crippen molar-refractivity contribution < 1.29 is 8.42 Å². The molecule has 0 saturated carbocycles. The first kappa shape index (κ1) is 14.1. The lowest BCUT2D eigenvalue weighted by molar-refractivity contribution is 0.576. The van der Waals surface area contributed by atoms with Gasteiger partial charge in [0.25, 0.3) is 10.0 Å². The number of aromatic amines is 1. The van der Waals surface area contributed by atoms with Gasteiger partial charge in [0, 0.05) is 13.0 Å². The van der Waals surface area contributed by atoms with Crippen LogP contribution in [0.4, 0.5) is 0 Å². The summed E-state index contributed by atoms with van der Waals surface area (Å²) in [7, 11) is -3.50. The van der Waals surface area contributed by atoms with Gasteiger partial charge >= 0.3 is 0 Å². The number of hydrogen-bond donors (Lipinski definition) is 3. The predicted molar refractivity (Wildman–Crippen MR) is 69.2 cm³/mol. The number of sulfonamides is 1. The molecule has 0 bridgehead atoms. The molecule has 1 rings (SSSR count). The number of rotatable bonds is 7. The van der Waals surface area contributed by atoms with Crippen LogP contribution in [0.3, 0.4) is 0 Å². The molecule has 0 unspecified atom stereocenters. The molecule has 0 aliphatic carbocycles. The van der Waals surface area contributed by atoms with Crippen LogP contribution in [-0.2, 0) is 16.4 Å². The van der Waals surface area contributed by atoms with E-state index in [2.05, 4.69) is 14.7 Å². The van der Waals surface area contributed by atoms with Crippen LogP contribution in [0.5, 0.6) is 0 Å². The molecule has 0 spiro atoms. The molecule has 0 fully saturated rings. The molecule has 0 radical (unpaired) electrons. The highest BCUT2D eigenvalue weighted by molar-refractivity contribution is 7.89. The monoisotopic (exact) mass is 276 g/mol. The van der Waals surface area contributed by atoms with Gasteiger partial charge in [-0.3, -0.25) is 0 Å². The quantitative estimate of drug-likeness (QED) is 0.492. The van der Waals surface area contributed by atoms with Crippen molar-refractivity contribution in [3.63, 3.8) is 0 Å². The second-order valence-electron chi connectivity index (χ2n) is 3.52. The summed E-state index contributed by atoms with van der Waals surface area (Å²) in [6.45, 7) is 2.20. The van der Waals surface area contributed by atoms with E-state index in [1.165, 1.54) is 6.20 Å². The third kappa shape index (κ3) is 4.41. The minimum Gasteiger partial charge on any atom is -0.393 e. The first-order valence-electron chi connectivity index (χ1n) is 5.27. The summed E-state index contributed by atoms with van der Waals surface area (Å²) in [6.07, 6.45) is 3.09. The summed E-state index contributed by atoms with van der Waals surface area (Å²) >= 11 is 4.70. The summed E-state index contributed by atoms with van der Waals surface area (Å²) in [5, 5.41) is 0.0877. The van der Waals surface area contributed by atoms with E-state index in [1.807, 2.05) is 6.92 Å². The van der Waals surface area contributed by atoms with Crippen LogP contribution < -0.4 is 10.5 Å². The van der Waals surface area contributed by atoms with E-state index in [0.717, 1.165) is 0 Å². The van der Waals surface area contributed by atoms with Gasteiger partial charge in [0.15, 0.2) is 5.03 Å². The Morgan fingerprint density at radius 2 is 2.35 bits per heavy atom. The SMILES string of the molecule is CCc1ncc(S(=O)(=O)NCCCC(N)=S)[nH]1. The third-order valence-electron chi connectivity index (χ3n) is 2.12. The maximum Gasteiger partial charge on any atom is 0.257 e. The largest absolute Gasteiger partial charge is 0.393 e. The van der Waals surface area contributed by atoms with E-state index in [-0.39, 0.29) is 5.03 Å². The van der Waals surface area contributed by atoms with E-state index in [4.69, 9.17) is 18.0 Å². The Morgan fingerprint density at radius 3 is 2.88 bits per heavy atom. The summed E-state index contributed by atoms with van der Waals surface area (Å²) in [5.41, 5.74) is 5.31. The van der Waals surface area contributed by atoms with Crippen molar-refractivity contribution in [1.29, 1.82) is 0 Å². The van der Waals surface area contributed by atoms with Gasteiger partial charge in [-0.2, -0.15) is 0 Å². The van der Waals surface area contributed by atoms with E-state index in [9.17, 15) is 8.42 Å². The Morgan fingerprint density at radius 1 is 1.65 bits per heavy atom. The molecule has 17 heavy (non-hydrogen) atoms. The Bertz CT molecular complexity index is 481. The van der Waals surface area contributed by atoms with Crippen molar-refractivity contribution in [2.45, 2.75) is 31.2 Å². The Labute approximate surface area is 106 Å². The van der Waals surface area contributed by atoms with Gasteiger partial charge in [0.1, 0.15) is 5.82 Å². The van der Waals surface area contributed by atoms with Crippen molar-refractivity contribution in [2.24, 2.45) is 5.73 Å². The van der Waals surface area contributed by atoms with Gasteiger partial charge < -0.3 is 10.7 Å². The summed E-state index contributed by atoms with van der Waals surface area (Å²) in [5.74, 6) is 0.647. The fourth-order valence-corrected chi connectivity index (χ4v) is 2.36. The van der Waals surface area contributed by atoms with Crippen molar-refractivity contribution in [2.75, 3.05) is 6.54 Å². The van der Waals surface area contributed by atoms with E-state index in [0.29, 0.717) is 36.6 Å². The summed E-state index contributed by atoms with van der Waals surface area (Å²) in [4.78, 5) is 7.07. The molecule has 8 heteroatoms. The molecule has 1 aromatic rings. The number of nitrogens with zero attached hydrogens (tertiary/aromatic N) is 1. The normalized spacial score (nSPS) is 11.6. The van der Waals surface area contributed by atoms with Gasteiger partial charge in [0.2, 0.25) is 0 Å². The highest BCUT2D eigenvalue weighted by atomic mass is 32.2. The second-order valence-corrected chi connectivity index (χ2v) is 5.78. The lowest BCUT2D eigenvalue weighted by Gasteiger charge is -2.03. The molecule has 6 nitrogen and oxygen atoms in total. The zero-order valence-electron chi connectivity index (χ0n) is 9.56. The summed E-state index contributed by atoms with van der Waals surface area (Å²) < 4.78 is 26.0. The van der Waals surface area contributed by atoms with Crippen LogP contribution in [0, 0.1) is 0 Å². The average molecular weight is 276 g/mol. The summed E-state index contributed by atoms with van der Waals surface area (Å²) in [6, 6.07) is 0. The van der Waals surface area contributed by atoms with E-state index in [1.54, 1.807) is 0 Å². The Hall–Kier alpha value is -0.990. The van der Waals surface area contributed by atoms with Gasteiger partial charge in [-0.05, 0) is 12.8 Å². The third-order valence-corrected chi connectivity index (χ3v) is 3.70. The number of aromatic nitrogens is 2. The van der Waals surface area contributed by atoms with Gasteiger partial charge in [-0.25, -0.2) is 18.1 Å². The predicted octanol–water partition coefficient (Wildman–Crippen LogP) is 0.317. The fraction of sp³-hybridized carbons (Fsp3) is 0.556. The number of hydrogen-bond acceptors (Lipinski definition) is 4.